The number of aromatic carboxylic acids is 1. The summed E-state index contributed by atoms with van der Waals surface area (Å²) in [5.41, 5.74) is 1.18. The molecule has 2 rings (SSSR count). The molecule has 104 valence electrons. The summed E-state index contributed by atoms with van der Waals surface area (Å²) >= 11 is 6.15. The Bertz CT molecular complexity index is 464. The van der Waals surface area contributed by atoms with Crippen molar-refractivity contribution in [1.29, 1.82) is 0 Å². The second-order valence-electron chi connectivity index (χ2n) is 4.88. The molecule has 1 aromatic carbocycles. The fourth-order valence-corrected chi connectivity index (χ4v) is 2.51. The van der Waals surface area contributed by atoms with Crippen LogP contribution in [-0.2, 0) is 11.3 Å². The van der Waals surface area contributed by atoms with Crippen molar-refractivity contribution < 1.29 is 14.6 Å². The number of halogens is 1. The first-order chi connectivity index (χ1) is 9.06. The topological polar surface area (TPSA) is 49.8 Å². The lowest BCUT2D eigenvalue weighted by atomic mass is 10.1. The maximum absolute atomic E-state index is 10.9. The molecule has 0 spiro atoms. The highest BCUT2D eigenvalue weighted by molar-refractivity contribution is 6.31. The van der Waals surface area contributed by atoms with Crippen LogP contribution in [-0.4, -0.2) is 41.8 Å². The van der Waals surface area contributed by atoms with E-state index < -0.39 is 5.97 Å². The molecule has 19 heavy (non-hydrogen) atoms. The van der Waals surface area contributed by atoms with E-state index in [9.17, 15) is 4.79 Å². The van der Waals surface area contributed by atoms with Crippen LogP contribution in [0, 0.1) is 0 Å². The van der Waals surface area contributed by atoms with Crippen LogP contribution in [0.5, 0.6) is 0 Å². The fourth-order valence-electron chi connectivity index (χ4n) is 2.27. The number of hydrogen-bond donors (Lipinski definition) is 1. The minimum absolute atomic E-state index is 0.222. The van der Waals surface area contributed by atoms with E-state index in [1.165, 1.54) is 6.07 Å². The molecule has 1 fully saturated rings. The zero-order chi connectivity index (χ0) is 13.8. The zero-order valence-corrected chi connectivity index (χ0v) is 11.7. The van der Waals surface area contributed by atoms with E-state index in [0.717, 1.165) is 38.2 Å². The number of carbonyl (C=O) groups is 1. The van der Waals surface area contributed by atoms with Crippen LogP contribution in [0.2, 0.25) is 5.02 Å². The summed E-state index contributed by atoms with van der Waals surface area (Å²) in [6.45, 7) is 5.43. The average Bonchev–Trinajstić information content (AvgIpc) is 2.56. The lowest BCUT2D eigenvalue weighted by Gasteiger charge is -2.22. The van der Waals surface area contributed by atoms with Gasteiger partial charge in [-0.1, -0.05) is 17.7 Å². The molecular formula is C14H18ClNO3. The number of carboxylic acids is 1. The summed E-state index contributed by atoms with van der Waals surface area (Å²) in [5, 5.41) is 9.42. The number of hydrogen-bond acceptors (Lipinski definition) is 3. The summed E-state index contributed by atoms with van der Waals surface area (Å²) in [7, 11) is 0. The summed E-state index contributed by atoms with van der Waals surface area (Å²) in [6.07, 6.45) is 1.23. The summed E-state index contributed by atoms with van der Waals surface area (Å²) in [6, 6.07) is 4.90. The van der Waals surface area contributed by atoms with Gasteiger partial charge in [0.05, 0.1) is 11.7 Å². The van der Waals surface area contributed by atoms with Gasteiger partial charge in [0, 0.05) is 31.3 Å². The maximum atomic E-state index is 10.9. The second-order valence-corrected chi connectivity index (χ2v) is 5.29. The summed E-state index contributed by atoms with van der Waals surface area (Å²) in [4.78, 5) is 13.1. The molecule has 5 heteroatoms. The van der Waals surface area contributed by atoms with Gasteiger partial charge in [-0.25, -0.2) is 4.79 Å². The SMILES string of the molecule is CC1CN(Cc2ccc(C(=O)O)cc2Cl)CCCO1. The van der Waals surface area contributed by atoms with Crippen LogP contribution in [0.4, 0.5) is 0 Å². The summed E-state index contributed by atoms with van der Waals surface area (Å²) in [5.74, 6) is -0.953. The van der Waals surface area contributed by atoms with Crippen LogP contribution >= 0.6 is 11.6 Å². The molecule has 1 aliphatic heterocycles. The predicted octanol–water partition coefficient (Wildman–Crippen LogP) is 2.65. The Balaban J connectivity index is 2.07. The lowest BCUT2D eigenvalue weighted by Crippen LogP contribution is -2.29. The Labute approximate surface area is 117 Å². The first-order valence-corrected chi connectivity index (χ1v) is 6.79. The molecule has 1 unspecified atom stereocenters. The quantitative estimate of drug-likeness (QED) is 0.926. The van der Waals surface area contributed by atoms with Crippen LogP contribution in [0.25, 0.3) is 0 Å². The Morgan fingerprint density at radius 2 is 2.37 bits per heavy atom. The molecule has 0 aromatic heterocycles. The van der Waals surface area contributed by atoms with Crippen molar-refractivity contribution in [1.82, 2.24) is 4.90 Å². The van der Waals surface area contributed by atoms with E-state index in [0.29, 0.717) is 5.02 Å². The van der Waals surface area contributed by atoms with Crippen molar-refractivity contribution >= 4 is 17.6 Å². The number of rotatable bonds is 3. The van der Waals surface area contributed by atoms with Gasteiger partial charge < -0.3 is 9.84 Å². The van der Waals surface area contributed by atoms with Crippen molar-refractivity contribution in [3.63, 3.8) is 0 Å². The number of nitrogens with zero attached hydrogens (tertiary/aromatic N) is 1. The van der Waals surface area contributed by atoms with Gasteiger partial charge >= 0.3 is 5.97 Å². The van der Waals surface area contributed by atoms with Gasteiger partial charge in [0.15, 0.2) is 0 Å². The zero-order valence-electron chi connectivity index (χ0n) is 10.9. The molecule has 1 atom stereocenters. The highest BCUT2D eigenvalue weighted by atomic mass is 35.5. The predicted molar refractivity (Wildman–Crippen MR) is 73.7 cm³/mol. The van der Waals surface area contributed by atoms with Crippen LogP contribution < -0.4 is 0 Å². The van der Waals surface area contributed by atoms with E-state index in [4.69, 9.17) is 21.4 Å². The fraction of sp³-hybridized carbons (Fsp3) is 0.500. The molecule has 0 bridgehead atoms. The minimum Gasteiger partial charge on any atom is -0.478 e. The Kier molecular flexibility index (Phi) is 4.80. The van der Waals surface area contributed by atoms with E-state index in [1.54, 1.807) is 12.1 Å². The largest absolute Gasteiger partial charge is 0.478 e. The second kappa shape index (κ2) is 6.37. The minimum atomic E-state index is -0.953. The number of carboxylic acid groups (broad SMARTS) is 1. The smallest absolute Gasteiger partial charge is 0.335 e. The van der Waals surface area contributed by atoms with Crippen LogP contribution in [0.3, 0.4) is 0 Å². The van der Waals surface area contributed by atoms with Gasteiger partial charge in [-0.05, 0) is 31.0 Å². The highest BCUT2D eigenvalue weighted by Crippen LogP contribution is 2.21. The normalized spacial score (nSPS) is 21.1. The molecule has 1 aliphatic rings. The van der Waals surface area contributed by atoms with Gasteiger partial charge in [-0.2, -0.15) is 0 Å². The number of ether oxygens (including phenoxy) is 1. The lowest BCUT2D eigenvalue weighted by molar-refractivity contribution is 0.0668. The molecular weight excluding hydrogens is 266 g/mol. The first kappa shape index (κ1) is 14.3. The van der Waals surface area contributed by atoms with Crippen molar-refractivity contribution in [2.75, 3.05) is 19.7 Å². The standard InChI is InChI=1S/C14H18ClNO3/c1-10-8-16(5-2-6-19-10)9-12-4-3-11(14(17)18)7-13(12)15/h3-4,7,10H,2,5-6,8-9H2,1H3,(H,17,18). The van der Waals surface area contributed by atoms with Crippen molar-refractivity contribution in [3.8, 4) is 0 Å². The van der Waals surface area contributed by atoms with Crippen LogP contribution in [0.1, 0.15) is 29.3 Å². The molecule has 0 saturated carbocycles. The molecule has 1 N–H and O–H groups in total. The van der Waals surface area contributed by atoms with Crippen LogP contribution in [0.15, 0.2) is 18.2 Å². The molecule has 0 amide bonds. The molecule has 1 heterocycles. The molecule has 0 aliphatic carbocycles. The molecule has 0 radical (unpaired) electrons. The third-order valence-electron chi connectivity index (χ3n) is 3.23. The van der Waals surface area contributed by atoms with E-state index in [2.05, 4.69) is 11.8 Å². The van der Waals surface area contributed by atoms with E-state index in [-0.39, 0.29) is 11.7 Å². The molecule has 1 aromatic rings. The van der Waals surface area contributed by atoms with Gasteiger partial charge in [0.25, 0.3) is 0 Å². The first-order valence-electron chi connectivity index (χ1n) is 6.42. The van der Waals surface area contributed by atoms with Gasteiger partial charge in [0.2, 0.25) is 0 Å². The maximum Gasteiger partial charge on any atom is 0.335 e. The van der Waals surface area contributed by atoms with E-state index in [1.807, 2.05) is 0 Å². The number of benzene rings is 1. The Hall–Kier alpha value is -1.10. The van der Waals surface area contributed by atoms with Gasteiger partial charge in [-0.3, -0.25) is 4.90 Å². The van der Waals surface area contributed by atoms with Gasteiger partial charge in [-0.15, -0.1) is 0 Å². The molecule has 1 saturated heterocycles. The van der Waals surface area contributed by atoms with Crippen molar-refractivity contribution in [2.45, 2.75) is 26.0 Å². The third-order valence-corrected chi connectivity index (χ3v) is 3.58. The van der Waals surface area contributed by atoms with Crippen molar-refractivity contribution in [3.05, 3.63) is 34.3 Å². The third kappa shape index (κ3) is 3.93. The Morgan fingerprint density at radius 1 is 1.58 bits per heavy atom. The molecule has 4 nitrogen and oxygen atoms in total. The highest BCUT2D eigenvalue weighted by Gasteiger charge is 2.16. The van der Waals surface area contributed by atoms with Gasteiger partial charge in [0.1, 0.15) is 0 Å². The van der Waals surface area contributed by atoms with E-state index >= 15 is 0 Å². The summed E-state index contributed by atoms with van der Waals surface area (Å²) < 4.78 is 5.60. The van der Waals surface area contributed by atoms with Crippen molar-refractivity contribution in [2.24, 2.45) is 0 Å². The monoisotopic (exact) mass is 283 g/mol. The average molecular weight is 284 g/mol. The Morgan fingerprint density at radius 3 is 3.05 bits per heavy atom.